The van der Waals surface area contributed by atoms with E-state index in [9.17, 15) is 5.11 Å². The van der Waals surface area contributed by atoms with Gasteiger partial charge in [-0.3, -0.25) is 4.68 Å². The second-order valence-electron chi connectivity index (χ2n) is 5.03. The lowest BCUT2D eigenvalue weighted by Gasteiger charge is -2.38. The van der Waals surface area contributed by atoms with Gasteiger partial charge in [-0.05, 0) is 13.8 Å². The Morgan fingerprint density at radius 3 is 2.94 bits per heavy atom. The minimum absolute atomic E-state index is 0.0166. The normalized spacial score (nSPS) is 29.9. The predicted molar refractivity (Wildman–Crippen MR) is 66.1 cm³/mol. The van der Waals surface area contributed by atoms with E-state index in [1.54, 1.807) is 6.20 Å². The van der Waals surface area contributed by atoms with Gasteiger partial charge in [-0.25, -0.2) is 0 Å². The van der Waals surface area contributed by atoms with Gasteiger partial charge in [0.25, 0.3) is 0 Å². The number of nitrogens with zero attached hydrogens (tertiary/aromatic N) is 2. The van der Waals surface area contributed by atoms with Crippen molar-refractivity contribution in [3.05, 3.63) is 16.9 Å². The zero-order valence-electron chi connectivity index (χ0n) is 10.5. The third kappa shape index (κ3) is 2.09. The van der Waals surface area contributed by atoms with Crippen molar-refractivity contribution in [2.45, 2.75) is 38.8 Å². The minimum atomic E-state index is -0.934. The van der Waals surface area contributed by atoms with E-state index in [0.29, 0.717) is 24.7 Å². The topological polar surface area (TPSA) is 47.3 Å². The summed E-state index contributed by atoms with van der Waals surface area (Å²) in [7, 11) is 0. The van der Waals surface area contributed by atoms with Crippen LogP contribution < -0.4 is 0 Å². The smallest absolute Gasteiger partial charge is 0.115 e. The molecule has 1 aromatic heterocycles. The van der Waals surface area contributed by atoms with Crippen LogP contribution in [0.3, 0.4) is 0 Å². The van der Waals surface area contributed by atoms with Crippen LogP contribution in [-0.4, -0.2) is 28.1 Å². The van der Waals surface area contributed by atoms with Crippen LogP contribution in [0.1, 0.15) is 38.9 Å². The zero-order valence-corrected chi connectivity index (χ0v) is 11.2. The first kappa shape index (κ1) is 12.9. The van der Waals surface area contributed by atoms with E-state index in [-0.39, 0.29) is 12.0 Å². The molecular formula is C12H19ClN2O2. The van der Waals surface area contributed by atoms with Crippen LogP contribution in [0, 0.1) is 5.92 Å². The number of hydrogen-bond donors (Lipinski definition) is 1. The molecule has 1 aliphatic heterocycles. The number of hydrogen-bond acceptors (Lipinski definition) is 3. The van der Waals surface area contributed by atoms with Crippen molar-refractivity contribution in [1.82, 2.24) is 9.78 Å². The molecule has 0 bridgehead atoms. The van der Waals surface area contributed by atoms with Crippen molar-refractivity contribution >= 4 is 11.6 Å². The molecule has 5 heteroatoms. The number of aliphatic hydroxyl groups is 1. The predicted octanol–water partition coefficient (Wildman–Crippen LogP) is 2.36. The van der Waals surface area contributed by atoms with Crippen molar-refractivity contribution in [2.24, 2.45) is 5.92 Å². The Morgan fingerprint density at radius 2 is 2.35 bits per heavy atom. The largest absolute Gasteiger partial charge is 0.383 e. The fourth-order valence-corrected chi connectivity index (χ4v) is 2.66. The molecule has 1 aromatic rings. The quantitative estimate of drug-likeness (QED) is 0.886. The number of rotatable bonds is 2. The van der Waals surface area contributed by atoms with Crippen molar-refractivity contribution in [1.29, 1.82) is 0 Å². The van der Waals surface area contributed by atoms with Crippen LogP contribution in [0.5, 0.6) is 0 Å². The molecule has 4 nitrogen and oxygen atoms in total. The summed E-state index contributed by atoms with van der Waals surface area (Å²) in [6.45, 7) is 7.14. The maximum atomic E-state index is 10.9. The van der Waals surface area contributed by atoms with Gasteiger partial charge < -0.3 is 9.84 Å². The van der Waals surface area contributed by atoms with Gasteiger partial charge in [-0.1, -0.05) is 18.5 Å². The Kier molecular flexibility index (Phi) is 3.48. The molecule has 96 valence electrons. The fourth-order valence-electron chi connectivity index (χ4n) is 2.36. The molecule has 1 N–H and O–H groups in total. The summed E-state index contributed by atoms with van der Waals surface area (Å²) < 4.78 is 7.19. The first-order valence-corrected chi connectivity index (χ1v) is 6.38. The summed E-state index contributed by atoms with van der Waals surface area (Å²) >= 11 is 6.19. The lowest BCUT2D eigenvalue weighted by atomic mass is 9.81. The van der Waals surface area contributed by atoms with Gasteiger partial charge in [0, 0.05) is 25.0 Å². The maximum absolute atomic E-state index is 10.9. The summed E-state index contributed by atoms with van der Waals surface area (Å²) in [5.41, 5.74) is -0.208. The Morgan fingerprint density at radius 1 is 1.65 bits per heavy atom. The maximum Gasteiger partial charge on any atom is 0.115 e. The van der Waals surface area contributed by atoms with E-state index in [2.05, 4.69) is 5.10 Å². The number of ether oxygens (including phenoxy) is 1. The molecule has 1 fully saturated rings. The summed E-state index contributed by atoms with van der Waals surface area (Å²) in [5.74, 6) is 0.0166. The van der Waals surface area contributed by atoms with E-state index >= 15 is 0 Å². The van der Waals surface area contributed by atoms with E-state index in [1.165, 1.54) is 0 Å². The third-order valence-corrected chi connectivity index (χ3v) is 3.74. The number of aromatic nitrogens is 2. The molecule has 2 atom stereocenters. The molecule has 2 unspecified atom stereocenters. The van der Waals surface area contributed by atoms with Crippen LogP contribution >= 0.6 is 11.6 Å². The van der Waals surface area contributed by atoms with Crippen LogP contribution in [0.25, 0.3) is 0 Å². The molecule has 0 radical (unpaired) electrons. The molecule has 0 spiro atoms. The van der Waals surface area contributed by atoms with Gasteiger partial charge >= 0.3 is 0 Å². The van der Waals surface area contributed by atoms with Crippen molar-refractivity contribution < 1.29 is 9.84 Å². The summed E-state index contributed by atoms with van der Waals surface area (Å²) in [6.07, 6.45) is 2.17. The lowest BCUT2D eigenvalue weighted by Crippen LogP contribution is -2.43. The van der Waals surface area contributed by atoms with E-state index in [4.69, 9.17) is 16.3 Å². The van der Waals surface area contributed by atoms with Gasteiger partial charge in [0.15, 0.2) is 0 Å². The molecule has 0 saturated carbocycles. The molecule has 1 saturated heterocycles. The molecule has 2 rings (SSSR count). The highest BCUT2D eigenvalue weighted by Crippen LogP contribution is 2.40. The molecule has 17 heavy (non-hydrogen) atoms. The van der Waals surface area contributed by atoms with Crippen LogP contribution in [0.2, 0.25) is 5.02 Å². The van der Waals surface area contributed by atoms with Crippen molar-refractivity contribution in [2.75, 3.05) is 13.2 Å². The van der Waals surface area contributed by atoms with Crippen LogP contribution in [0.15, 0.2) is 6.20 Å². The van der Waals surface area contributed by atoms with Gasteiger partial charge in [0.2, 0.25) is 0 Å². The van der Waals surface area contributed by atoms with Crippen LogP contribution in [-0.2, 0) is 10.3 Å². The average molecular weight is 259 g/mol. The van der Waals surface area contributed by atoms with Gasteiger partial charge in [-0.15, -0.1) is 0 Å². The Bertz CT molecular complexity index is 405. The SMILES string of the molecule is CC(C)n1ncc(Cl)c1C1(O)CCOCC1C. The molecule has 0 amide bonds. The molecule has 2 heterocycles. The average Bonchev–Trinajstić information content (AvgIpc) is 2.65. The minimum Gasteiger partial charge on any atom is -0.383 e. The highest BCUT2D eigenvalue weighted by atomic mass is 35.5. The Labute approximate surface area is 107 Å². The summed E-state index contributed by atoms with van der Waals surface area (Å²) in [4.78, 5) is 0. The first-order valence-electron chi connectivity index (χ1n) is 6.00. The van der Waals surface area contributed by atoms with Gasteiger partial charge in [-0.2, -0.15) is 5.10 Å². The second-order valence-corrected chi connectivity index (χ2v) is 5.44. The monoisotopic (exact) mass is 258 g/mol. The van der Waals surface area contributed by atoms with E-state index in [0.717, 1.165) is 5.69 Å². The standard InChI is InChI=1S/C12H19ClN2O2/c1-8(2)15-11(10(13)6-14-15)12(16)4-5-17-7-9(12)3/h6,8-9,16H,4-5,7H2,1-3H3. The van der Waals surface area contributed by atoms with Gasteiger partial charge in [0.05, 0.1) is 23.5 Å². The Hall–Kier alpha value is -0.580. The summed E-state index contributed by atoms with van der Waals surface area (Å²) in [6, 6.07) is 0.177. The Balaban J connectivity index is 2.47. The van der Waals surface area contributed by atoms with Crippen molar-refractivity contribution in [3.8, 4) is 0 Å². The van der Waals surface area contributed by atoms with E-state index < -0.39 is 5.60 Å². The van der Waals surface area contributed by atoms with Crippen molar-refractivity contribution in [3.63, 3.8) is 0 Å². The molecular weight excluding hydrogens is 240 g/mol. The first-order chi connectivity index (χ1) is 7.97. The fraction of sp³-hybridized carbons (Fsp3) is 0.750. The molecule has 1 aliphatic rings. The molecule has 0 aliphatic carbocycles. The number of halogens is 1. The zero-order chi connectivity index (χ0) is 12.6. The lowest BCUT2D eigenvalue weighted by molar-refractivity contribution is -0.116. The second kappa shape index (κ2) is 4.59. The third-order valence-electron chi connectivity index (χ3n) is 3.46. The molecule has 0 aromatic carbocycles. The highest BCUT2D eigenvalue weighted by Gasteiger charge is 2.43. The summed E-state index contributed by atoms with van der Waals surface area (Å²) in [5, 5.41) is 15.7. The van der Waals surface area contributed by atoms with Gasteiger partial charge in [0.1, 0.15) is 5.60 Å². The van der Waals surface area contributed by atoms with Crippen LogP contribution in [0.4, 0.5) is 0 Å². The van der Waals surface area contributed by atoms with E-state index in [1.807, 2.05) is 25.5 Å². The highest BCUT2D eigenvalue weighted by molar-refractivity contribution is 6.31.